The van der Waals surface area contributed by atoms with Crippen LogP contribution in [-0.2, 0) is 6.42 Å². The Morgan fingerprint density at radius 1 is 1.43 bits per heavy atom. The van der Waals surface area contributed by atoms with Gasteiger partial charge in [0.05, 0.1) is 10.5 Å². The third-order valence-electron chi connectivity index (χ3n) is 2.29. The van der Waals surface area contributed by atoms with E-state index in [1.54, 1.807) is 6.07 Å². The molecule has 2 nitrogen and oxygen atoms in total. The van der Waals surface area contributed by atoms with Crippen LogP contribution in [0.2, 0.25) is 0 Å². The first-order valence-electron chi connectivity index (χ1n) is 3.97. The summed E-state index contributed by atoms with van der Waals surface area (Å²) in [5.74, 6) is 0.126. The zero-order valence-corrected chi connectivity index (χ0v) is 11.7. The minimum absolute atomic E-state index is 0.109. The lowest BCUT2D eigenvalue weighted by Gasteiger charge is -2.06. The smallest absolute Gasteiger partial charge is 0.177 e. The number of nitrogen functional groups attached to an aromatic ring is 1. The average molecular weight is 384 g/mol. The van der Waals surface area contributed by atoms with Crippen molar-refractivity contribution < 1.29 is 4.79 Å². The highest BCUT2D eigenvalue weighted by Crippen LogP contribution is 2.39. The van der Waals surface area contributed by atoms with E-state index in [1.165, 1.54) is 0 Å². The number of fused-ring (bicyclic) bond motifs is 1. The van der Waals surface area contributed by atoms with Crippen molar-refractivity contribution in [2.75, 3.05) is 5.73 Å². The van der Waals surface area contributed by atoms with Crippen LogP contribution in [-0.4, -0.2) is 10.6 Å². The van der Waals surface area contributed by atoms with Gasteiger partial charge in [-0.05, 0) is 49.9 Å². The predicted molar refractivity (Wildman–Crippen MR) is 67.0 cm³/mol. The van der Waals surface area contributed by atoms with Crippen LogP contribution >= 0.6 is 47.8 Å². The third kappa shape index (κ3) is 1.46. The Hall–Kier alpha value is 0.130. The molecule has 0 bridgehead atoms. The van der Waals surface area contributed by atoms with E-state index < -0.39 is 0 Å². The number of nitrogens with two attached hydrogens (primary N) is 1. The molecule has 0 amide bonds. The summed E-state index contributed by atoms with van der Waals surface area (Å²) in [7, 11) is 0. The van der Waals surface area contributed by atoms with Crippen LogP contribution in [0.3, 0.4) is 0 Å². The fourth-order valence-electron chi connectivity index (χ4n) is 1.54. The van der Waals surface area contributed by atoms with Gasteiger partial charge in [-0.15, -0.1) is 0 Å². The van der Waals surface area contributed by atoms with Gasteiger partial charge < -0.3 is 5.73 Å². The monoisotopic (exact) mass is 381 g/mol. The lowest BCUT2D eigenvalue weighted by molar-refractivity contribution is 0.100. The number of halogens is 3. The molecule has 0 aromatic heterocycles. The van der Waals surface area contributed by atoms with Crippen LogP contribution in [0.25, 0.3) is 0 Å². The first-order valence-corrected chi connectivity index (χ1v) is 6.47. The molecule has 0 saturated heterocycles. The molecule has 1 aliphatic carbocycles. The van der Waals surface area contributed by atoms with E-state index >= 15 is 0 Å². The van der Waals surface area contributed by atoms with E-state index in [1.807, 2.05) is 0 Å². The fourth-order valence-corrected chi connectivity index (χ4v) is 3.39. The van der Waals surface area contributed by atoms with Crippen molar-refractivity contribution in [1.82, 2.24) is 0 Å². The summed E-state index contributed by atoms with van der Waals surface area (Å²) in [6.45, 7) is 0. The molecule has 1 aromatic rings. The molecule has 5 heteroatoms. The van der Waals surface area contributed by atoms with Crippen molar-refractivity contribution in [2.45, 2.75) is 11.2 Å². The molecule has 74 valence electrons. The number of hydrogen-bond donors (Lipinski definition) is 1. The number of alkyl halides is 1. The second kappa shape index (κ2) is 3.61. The van der Waals surface area contributed by atoms with Gasteiger partial charge in [0.1, 0.15) is 0 Å². The highest BCUT2D eigenvalue weighted by atomic mass is 79.9. The van der Waals surface area contributed by atoms with Crippen molar-refractivity contribution in [2.24, 2.45) is 0 Å². The molecule has 0 saturated carbocycles. The number of anilines is 1. The summed E-state index contributed by atoms with van der Waals surface area (Å²) in [5, 5.41) is 0. The molecule has 2 rings (SSSR count). The van der Waals surface area contributed by atoms with E-state index in [0.29, 0.717) is 12.1 Å². The topological polar surface area (TPSA) is 43.1 Å². The van der Waals surface area contributed by atoms with Crippen molar-refractivity contribution in [1.29, 1.82) is 0 Å². The lowest BCUT2D eigenvalue weighted by Crippen LogP contribution is -2.05. The van der Waals surface area contributed by atoms with Crippen LogP contribution in [0.1, 0.15) is 15.9 Å². The Kier molecular flexibility index (Phi) is 2.74. The zero-order valence-electron chi connectivity index (χ0n) is 6.98. The molecule has 0 fully saturated rings. The van der Waals surface area contributed by atoms with Gasteiger partial charge in [-0.3, -0.25) is 4.79 Å². The number of benzene rings is 1. The maximum Gasteiger partial charge on any atom is 0.177 e. The van der Waals surface area contributed by atoms with E-state index in [4.69, 9.17) is 5.73 Å². The molecule has 0 radical (unpaired) electrons. The summed E-state index contributed by atoms with van der Waals surface area (Å²) in [6, 6.07) is 1.79. The summed E-state index contributed by atoms with van der Waals surface area (Å²) in [6.07, 6.45) is 0.701. The van der Waals surface area contributed by atoms with Crippen LogP contribution in [0.15, 0.2) is 15.0 Å². The van der Waals surface area contributed by atoms with E-state index in [0.717, 1.165) is 20.1 Å². The molecule has 0 unspecified atom stereocenters. The summed E-state index contributed by atoms with van der Waals surface area (Å²) in [5.41, 5.74) is 8.22. The number of carbonyl (C=O) groups excluding carboxylic acids is 1. The molecule has 1 aliphatic rings. The van der Waals surface area contributed by atoms with Gasteiger partial charge in [-0.1, -0.05) is 15.9 Å². The molecule has 1 aromatic carbocycles. The molecule has 2 N–H and O–H groups in total. The first-order chi connectivity index (χ1) is 6.52. The fraction of sp³-hybridized carbons (Fsp3) is 0.222. The SMILES string of the molecule is Nc1c(Br)cc2c(c1Br)C[C@H](Br)C2=O. The number of hydrogen-bond acceptors (Lipinski definition) is 2. The lowest BCUT2D eigenvalue weighted by atomic mass is 10.1. The number of Topliss-reactive ketones (excluding diaryl/α,β-unsaturated/α-hetero) is 1. The summed E-state index contributed by atoms with van der Waals surface area (Å²) < 4.78 is 1.59. The van der Waals surface area contributed by atoms with Gasteiger partial charge in [0.2, 0.25) is 0 Å². The third-order valence-corrected chi connectivity index (χ3v) is 4.59. The average Bonchev–Trinajstić information content (AvgIpc) is 2.42. The Balaban J connectivity index is 2.70. The largest absolute Gasteiger partial charge is 0.397 e. The number of carbonyl (C=O) groups is 1. The first kappa shape index (κ1) is 10.6. The number of rotatable bonds is 0. The van der Waals surface area contributed by atoms with E-state index in [9.17, 15) is 4.79 Å². The summed E-state index contributed by atoms with van der Waals surface area (Å²) in [4.78, 5) is 11.6. The molecule has 14 heavy (non-hydrogen) atoms. The highest BCUT2D eigenvalue weighted by molar-refractivity contribution is 9.11. The van der Waals surface area contributed by atoms with Crippen molar-refractivity contribution >= 4 is 59.3 Å². The molecular formula is C9H6Br3NO. The molecule has 0 aliphatic heterocycles. The van der Waals surface area contributed by atoms with Gasteiger partial charge in [-0.2, -0.15) is 0 Å². The zero-order chi connectivity index (χ0) is 10.5. The van der Waals surface area contributed by atoms with Gasteiger partial charge in [0.15, 0.2) is 5.78 Å². The maximum atomic E-state index is 11.7. The Labute approximate surface area is 107 Å². The van der Waals surface area contributed by atoms with Gasteiger partial charge in [0, 0.05) is 14.5 Å². The Morgan fingerprint density at radius 2 is 2.07 bits per heavy atom. The standard InChI is InChI=1S/C9H6Br3NO/c10-5-2-4-3(7(12)8(5)13)1-6(11)9(4)14/h2,6H,1,13H2/t6-/m0/s1. The summed E-state index contributed by atoms with van der Waals surface area (Å²) >= 11 is 10.1. The predicted octanol–water partition coefficient (Wildman–Crippen LogP) is 3.30. The normalized spacial score (nSPS) is 19.9. The van der Waals surface area contributed by atoms with Crippen molar-refractivity contribution in [3.63, 3.8) is 0 Å². The maximum absolute atomic E-state index is 11.7. The Bertz CT molecular complexity index is 431. The molecular weight excluding hydrogens is 378 g/mol. The quantitative estimate of drug-likeness (QED) is 0.552. The van der Waals surface area contributed by atoms with Crippen LogP contribution in [0.4, 0.5) is 5.69 Å². The highest BCUT2D eigenvalue weighted by Gasteiger charge is 2.31. The van der Waals surface area contributed by atoms with Crippen LogP contribution < -0.4 is 5.73 Å². The van der Waals surface area contributed by atoms with Gasteiger partial charge >= 0.3 is 0 Å². The van der Waals surface area contributed by atoms with Crippen LogP contribution in [0.5, 0.6) is 0 Å². The Morgan fingerprint density at radius 3 is 2.71 bits per heavy atom. The molecule has 0 spiro atoms. The van der Waals surface area contributed by atoms with E-state index in [2.05, 4.69) is 47.8 Å². The molecule has 0 heterocycles. The van der Waals surface area contributed by atoms with Crippen molar-refractivity contribution in [3.8, 4) is 0 Å². The number of ketones is 1. The second-order valence-corrected chi connectivity index (χ2v) is 5.90. The van der Waals surface area contributed by atoms with E-state index in [-0.39, 0.29) is 10.6 Å². The second-order valence-electron chi connectivity index (χ2n) is 3.15. The van der Waals surface area contributed by atoms with Gasteiger partial charge in [0.25, 0.3) is 0 Å². The van der Waals surface area contributed by atoms with Gasteiger partial charge in [-0.25, -0.2) is 0 Å². The van der Waals surface area contributed by atoms with Crippen molar-refractivity contribution in [3.05, 3.63) is 26.1 Å². The molecule has 1 atom stereocenters. The minimum Gasteiger partial charge on any atom is -0.397 e. The minimum atomic E-state index is -0.109. The van der Waals surface area contributed by atoms with Crippen LogP contribution in [0, 0.1) is 0 Å².